The minimum atomic E-state index is -0.525. The van der Waals surface area contributed by atoms with Crippen LogP contribution in [0.2, 0.25) is 10.0 Å². The molecule has 2 nitrogen and oxygen atoms in total. The Morgan fingerprint density at radius 3 is 2.67 bits per heavy atom. The van der Waals surface area contributed by atoms with Crippen LogP contribution < -0.4 is 5.32 Å². The molecule has 0 aromatic heterocycles. The van der Waals surface area contributed by atoms with Crippen molar-refractivity contribution in [1.29, 1.82) is 0 Å². The summed E-state index contributed by atoms with van der Waals surface area (Å²) < 4.78 is 13.6. The maximum atomic E-state index is 13.6. The Labute approximate surface area is 132 Å². The number of benzene rings is 2. The molecule has 2 aromatic carbocycles. The molecule has 0 aliphatic rings. The topological polar surface area (TPSA) is 29.1 Å². The first-order valence-electron chi connectivity index (χ1n) is 6.45. The van der Waals surface area contributed by atoms with Gasteiger partial charge in [0.2, 0.25) is 0 Å². The van der Waals surface area contributed by atoms with E-state index in [0.29, 0.717) is 23.0 Å². The summed E-state index contributed by atoms with van der Waals surface area (Å²) >= 11 is 11.9. The molecule has 0 saturated carbocycles. The zero-order valence-electron chi connectivity index (χ0n) is 11.4. The number of carbonyl (C=O) groups excluding carboxylic acids is 1. The lowest BCUT2D eigenvalue weighted by Gasteiger charge is -2.08. The lowest BCUT2D eigenvalue weighted by molar-refractivity contribution is 0.0950. The van der Waals surface area contributed by atoms with Crippen LogP contribution in [0.1, 0.15) is 21.5 Å². The van der Waals surface area contributed by atoms with E-state index in [0.717, 1.165) is 11.1 Å². The number of amides is 1. The average molecular weight is 326 g/mol. The highest BCUT2D eigenvalue weighted by atomic mass is 35.5. The summed E-state index contributed by atoms with van der Waals surface area (Å²) in [6.07, 6.45) is 0.551. The zero-order chi connectivity index (χ0) is 15.4. The predicted octanol–water partition coefficient (Wildman–Crippen LogP) is 4.41. The van der Waals surface area contributed by atoms with Crippen molar-refractivity contribution in [3.05, 3.63) is 69.0 Å². The lowest BCUT2D eigenvalue weighted by Crippen LogP contribution is -2.26. The second-order valence-electron chi connectivity index (χ2n) is 4.72. The molecule has 0 spiro atoms. The van der Waals surface area contributed by atoms with Gasteiger partial charge in [-0.3, -0.25) is 4.79 Å². The third-order valence-corrected chi connectivity index (χ3v) is 3.65. The zero-order valence-corrected chi connectivity index (χ0v) is 12.9. The molecule has 2 aromatic rings. The van der Waals surface area contributed by atoms with Gasteiger partial charge in [0.25, 0.3) is 5.91 Å². The summed E-state index contributed by atoms with van der Waals surface area (Å²) in [5, 5.41) is 3.81. The molecule has 0 atom stereocenters. The van der Waals surface area contributed by atoms with E-state index in [9.17, 15) is 9.18 Å². The normalized spacial score (nSPS) is 10.5. The molecule has 1 amide bonds. The van der Waals surface area contributed by atoms with Gasteiger partial charge in [-0.2, -0.15) is 0 Å². The molecule has 0 heterocycles. The highest BCUT2D eigenvalue weighted by Crippen LogP contribution is 2.21. The molecule has 5 heteroatoms. The molecule has 0 fully saturated rings. The molecule has 1 N–H and O–H groups in total. The Bertz CT molecular complexity index is 673. The fraction of sp³-hybridized carbons (Fsp3) is 0.188. The Hall–Kier alpha value is -1.58. The van der Waals surface area contributed by atoms with Crippen LogP contribution in [0.15, 0.2) is 36.4 Å². The Kier molecular flexibility index (Phi) is 5.21. The van der Waals surface area contributed by atoms with Crippen molar-refractivity contribution in [2.75, 3.05) is 6.54 Å². The number of carbonyl (C=O) groups is 1. The van der Waals surface area contributed by atoms with Crippen LogP contribution in [0.3, 0.4) is 0 Å². The number of halogens is 3. The van der Waals surface area contributed by atoms with Gasteiger partial charge in [0.15, 0.2) is 0 Å². The largest absolute Gasteiger partial charge is 0.352 e. The van der Waals surface area contributed by atoms with Gasteiger partial charge in [0.1, 0.15) is 5.82 Å². The van der Waals surface area contributed by atoms with Crippen LogP contribution in [0.4, 0.5) is 4.39 Å². The van der Waals surface area contributed by atoms with E-state index in [-0.39, 0.29) is 5.56 Å². The van der Waals surface area contributed by atoms with Crippen molar-refractivity contribution in [3.63, 3.8) is 0 Å². The van der Waals surface area contributed by atoms with E-state index < -0.39 is 11.7 Å². The van der Waals surface area contributed by atoms with Gasteiger partial charge in [0, 0.05) is 16.6 Å². The smallest absolute Gasteiger partial charge is 0.254 e. The summed E-state index contributed by atoms with van der Waals surface area (Å²) in [6, 6.07) is 9.65. The number of aryl methyl sites for hydroxylation is 1. The van der Waals surface area contributed by atoms with Crippen molar-refractivity contribution in [2.24, 2.45) is 0 Å². The quantitative estimate of drug-likeness (QED) is 0.886. The summed E-state index contributed by atoms with van der Waals surface area (Å²) in [6.45, 7) is 2.18. The SMILES string of the molecule is Cc1ccc(F)c(C(=O)NCCc2ccc(Cl)cc2Cl)c1. The van der Waals surface area contributed by atoms with Crippen molar-refractivity contribution in [1.82, 2.24) is 5.32 Å². The molecule has 0 unspecified atom stereocenters. The lowest BCUT2D eigenvalue weighted by atomic mass is 10.1. The molecule has 0 aliphatic heterocycles. The van der Waals surface area contributed by atoms with Crippen LogP contribution in [0, 0.1) is 12.7 Å². The molecular formula is C16H14Cl2FNO. The van der Waals surface area contributed by atoms with Crippen LogP contribution >= 0.6 is 23.2 Å². The van der Waals surface area contributed by atoms with E-state index in [1.165, 1.54) is 12.1 Å². The van der Waals surface area contributed by atoms with E-state index >= 15 is 0 Å². The molecule has 0 saturated heterocycles. The molecule has 21 heavy (non-hydrogen) atoms. The van der Waals surface area contributed by atoms with Gasteiger partial charge < -0.3 is 5.32 Å². The van der Waals surface area contributed by atoms with Crippen LogP contribution in [-0.2, 0) is 6.42 Å². The van der Waals surface area contributed by atoms with Crippen molar-refractivity contribution in [2.45, 2.75) is 13.3 Å². The highest BCUT2D eigenvalue weighted by Gasteiger charge is 2.11. The predicted molar refractivity (Wildman–Crippen MR) is 83.6 cm³/mol. The van der Waals surface area contributed by atoms with Gasteiger partial charge in [-0.05, 0) is 43.2 Å². The Morgan fingerprint density at radius 1 is 1.19 bits per heavy atom. The van der Waals surface area contributed by atoms with Crippen LogP contribution in [0.5, 0.6) is 0 Å². The number of rotatable bonds is 4. The van der Waals surface area contributed by atoms with E-state index in [4.69, 9.17) is 23.2 Å². The molecule has 2 rings (SSSR count). The first-order valence-corrected chi connectivity index (χ1v) is 7.21. The highest BCUT2D eigenvalue weighted by molar-refractivity contribution is 6.35. The standard InChI is InChI=1S/C16H14Cl2FNO/c1-10-2-5-15(19)13(8-10)16(21)20-7-6-11-3-4-12(17)9-14(11)18/h2-5,8-9H,6-7H2,1H3,(H,20,21). The summed E-state index contributed by atoms with van der Waals surface area (Å²) in [7, 11) is 0. The third-order valence-electron chi connectivity index (χ3n) is 3.06. The third kappa shape index (κ3) is 4.19. The van der Waals surface area contributed by atoms with Crippen LogP contribution in [-0.4, -0.2) is 12.5 Å². The molecular weight excluding hydrogens is 312 g/mol. The van der Waals surface area contributed by atoms with Gasteiger partial charge in [-0.25, -0.2) is 4.39 Å². The molecule has 110 valence electrons. The van der Waals surface area contributed by atoms with E-state index in [1.54, 1.807) is 18.2 Å². The van der Waals surface area contributed by atoms with Gasteiger partial charge in [-0.15, -0.1) is 0 Å². The molecule has 0 radical (unpaired) electrons. The number of hydrogen-bond donors (Lipinski definition) is 1. The van der Waals surface area contributed by atoms with E-state index in [2.05, 4.69) is 5.32 Å². The summed E-state index contributed by atoms with van der Waals surface area (Å²) in [4.78, 5) is 11.9. The first-order chi connectivity index (χ1) is 9.97. The summed E-state index contributed by atoms with van der Waals surface area (Å²) in [5.74, 6) is -0.955. The minimum Gasteiger partial charge on any atom is -0.352 e. The summed E-state index contributed by atoms with van der Waals surface area (Å²) in [5.41, 5.74) is 1.77. The van der Waals surface area contributed by atoms with Crippen molar-refractivity contribution >= 4 is 29.1 Å². The van der Waals surface area contributed by atoms with E-state index in [1.807, 2.05) is 13.0 Å². The Morgan fingerprint density at radius 2 is 1.95 bits per heavy atom. The fourth-order valence-electron chi connectivity index (χ4n) is 1.94. The van der Waals surface area contributed by atoms with Gasteiger partial charge in [-0.1, -0.05) is 40.9 Å². The van der Waals surface area contributed by atoms with Gasteiger partial charge >= 0.3 is 0 Å². The average Bonchev–Trinajstić information content (AvgIpc) is 2.43. The molecule has 0 bridgehead atoms. The minimum absolute atomic E-state index is 0.0530. The first kappa shape index (κ1) is 15.8. The Balaban J connectivity index is 1.97. The van der Waals surface area contributed by atoms with Crippen LogP contribution in [0.25, 0.3) is 0 Å². The van der Waals surface area contributed by atoms with Crippen molar-refractivity contribution in [3.8, 4) is 0 Å². The maximum Gasteiger partial charge on any atom is 0.254 e. The number of nitrogens with one attached hydrogen (secondary N) is 1. The maximum absolute atomic E-state index is 13.6. The number of hydrogen-bond acceptors (Lipinski definition) is 1. The van der Waals surface area contributed by atoms with Crippen molar-refractivity contribution < 1.29 is 9.18 Å². The molecule has 0 aliphatic carbocycles. The monoisotopic (exact) mass is 325 g/mol. The second-order valence-corrected chi connectivity index (χ2v) is 5.57. The second kappa shape index (κ2) is 6.92. The fourth-order valence-corrected chi connectivity index (χ4v) is 2.45. The van der Waals surface area contributed by atoms with Gasteiger partial charge in [0.05, 0.1) is 5.56 Å².